The third-order valence-corrected chi connectivity index (χ3v) is 4.74. The first-order chi connectivity index (χ1) is 10.4. The molecule has 22 heavy (non-hydrogen) atoms. The van der Waals surface area contributed by atoms with Gasteiger partial charge >= 0.3 is 0 Å². The van der Waals surface area contributed by atoms with Crippen LogP contribution in [0.25, 0.3) is 0 Å². The van der Waals surface area contributed by atoms with Gasteiger partial charge in [0.1, 0.15) is 0 Å². The monoisotopic (exact) mass is 337 g/mol. The zero-order valence-corrected chi connectivity index (χ0v) is 13.6. The molecule has 2 aromatic carbocycles. The van der Waals surface area contributed by atoms with Crippen molar-refractivity contribution in [2.75, 3.05) is 10.5 Å². The van der Waals surface area contributed by atoms with E-state index in [0.717, 1.165) is 5.56 Å². The lowest BCUT2D eigenvalue weighted by molar-refractivity contribution is 0.101. The molecule has 0 heterocycles. The van der Waals surface area contributed by atoms with Gasteiger partial charge in [-0.15, -0.1) is 0 Å². The lowest BCUT2D eigenvalue weighted by Crippen LogP contribution is -2.18. The fourth-order valence-electron chi connectivity index (χ4n) is 1.94. The summed E-state index contributed by atoms with van der Waals surface area (Å²) in [6.45, 7) is 1.41. The maximum Gasteiger partial charge on any atom is 0.233 e. The molecule has 0 aliphatic carbocycles. The number of hydrogen-bond donors (Lipinski definition) is 1. The Kier molecular flexibility index (Phi) is 5.21. The average molecular weight is 338 g/mol. The number of rotatable bonds is 6. The summed E-state index contributed by atoms with van der Waals surface area (Å²) in [6, 6.07) is 13.9. The normalized spacial score (nSPS) is 11.2. The van der Waals surface area contributed by atoms with Crippen LogP contribution in [0.15, 0.2) is 48.5 Å². The number of carbonyl (C=O) groups is 1. The van der Waals surface area contributed by atoms with Gasteiger partial charge < -0.3 is 0 Å². The summed E-state index contributed by atoms with van der Waals surface area (Å²) in [5, 5.41) is 0.258. The summed E-state index contributed by atoms with van der Waals surface area (Å²) in [4.78, 5) is 11.4. The van der Waals surface area contributed by atoms with Crippen molar-refractivity contribution < 1.29 is 13.2 Å². The van der Waals surface area contributed by atoms with E-state index < -0.39 is 10.0 Å². The number of ketones is 1. The molecule has 1 N–H and O–H groups in total. The Balaban J connectivity index is 2.11. The van der Waals surface area contributed by atoms with Gasteiger partial charge in [-0.1, -0.05) is 41.9 Å². The Bertz CT molecular complexity index is 773. The third kappa shape index (κ3) is 4.58. The van der Waals surface area contributed by atoms with Gasteiger partial charge in [-0.3, -0.25) is 9.52 Å². The maximum absolute atomic E-state index is 12.2. The predicted molar refractivity (Wildman–Crippen MR) is 89.0 cm³/mol. The lowest BCUT2D eigenvalue weighted by atomic mass is 10.1. The first kappa shape index (κ1) is 16.5. The molecule has 0 aromatic heterocycles. The Morgan fingerprint density at radius 3 is 2.45 bits per heavy atom. The zero-order chi connectivity index (χ0) is 16.2. The van der Waals surface area contributed by atoms with Gasteiger partial charge in [-0.25, -0.2) is 8.42 Å². The predicted octanol–water partition coefficient (Wildman–Crippen LogP) is 3.53. The minimum Gasteiger partial charge on any atom is -0.295 e. The SMILES string of the molecule is CC(=O)c1ccc(Cl)c(NS(=O)(=O)CCc2ccccc2)c1. The van der Waals surface area contributed by atoms with Crippen LogP contribution >= 0.6 is 11.6 Å². The van der Waals surface area contributed by atoms with Crippen molar-refractivity contribution in [3.63, 3.8) is 0 Å². The quantitative estimate of drug-likeness (QED) is 0.820. The van der Waals surface area contributed by atoms with Gasteiger partial charge in [0.15, 0.2) is 5.78 Å². The van der Waals surface area contributed by atoms with Crippen LogP contribution in [-0.2, 0) is 16.4 Å². The van der Waals surface area contributed by atoms with E-state index in [-0.39, 0.29) is 22.2 Å². The molecule has 0 saturated carbocycles. The second-order valence-corrected chi connectivity index (χ2v) is 7.16. The van der Waals surface area contributed by atoms with E-state index in [9.17, 15) is 13.2 Å². The largest absolute Gasteiger partial charge is 0.295 e. The molecule has 0 aliphatic rings. The fourth-order valence-corrected chi connectivity index (χ4v) is 3.27. The molecule has 0 fully saturated rings. The van der Waals surface area contributed by atoms with Gasteiger partial charge in [-0.05, 0) is 37.1 Å². The molecule has 4 nitrogen and oxygen atoms in total. The summed E-state index contributed by atoms with van der Waals surface area (Å²) in [7, 11) is -3.54. The number of carbonyl (C=O) groups excluding carboxylic acids is 1. The Morgan fingerprint density at radius 2 is 1.82 bits per heavy atom. The first-order valence-electron chi connectivity index (χ1n) is 6.72. The lowest BCUT2D eigenvalue weighted by Gasteiger charge is -2.10. The van der Waals surface area contributed by atoms with Crippen LogP contribution in [-0.4, -0.2) is 20.0 Å². The highest BCUT2D eigenvalue weighted by Gasteiger charge is 2.14. The molecule has 0 atom stereocenters. The van der Waals surface area contributed by atoms with Gasteiger partial charge in [0, 0.05) is 5.56 Å². The number of sulfonamides is 1. The average Bonchev–Trinajstić information content (AvgIpc) is 2.48. The highest BCUT2D eigenvalue weighted by Crippen LogP contribution is 2.24. The van der Waals surface area contributed by atoms with Crippen molar-refractivity contribution in [2.24, 2.45) is 0 Å². The number of hydrogen-bond acceptors (Lipinski definition) is 3. The molecule has 0 aliphatic heterocycles. The number of benzene rings is 2. The molecule has 0 bridgehead atoms. The van der Waals surface area contributed by atoms with E-state index in [1.807, 2.05) is 30.3 Å². The van der Waals surface area contributed by atoms with E-state index in [1.165, 1.54) is 19.1 Å². The van der Waals surface area contributed by atoms with Gasteiger partial charge in [0.25, 0.3) is 0 Å². The van der Waals surface area contributed by atoms with Crippen molar-refractivity contribution in [3.8, 4) is 0 Å². The van der Waals surface area contributed by atoms with Gasteiger partial charge in [0.05, 0.1) is 16.5 Å². The minimum atomic E-state index is -3.54. The smallest absolute Gasteiger partial charge is 0.233 e. The molecule has 2 aromatic rings. The van der Waals surface area contributed by atoms with Crippen LogP contribution in [0.5, 0.6) is 0 Å². The van der Waals surface area contributed by atoms with Crippen LogP contribution in [0.2, 0.25) is 5.02 Å². The van der Waals surface area contributed by atoms with E-state index >= 15 is 0 Å². The van der Waals surface area contributed by atoms with Crippen LogP contribution in [0, 0.1) is 0 Å². The van der Waals surface area contributed by atoms with Crippen molar-refractivity contribution in [3.05, 3.63) is 64.7 Å². The van der Waals surface area contributed by atoms with Gasteiger partial charge in [0.2, 0.25) is 10.0 Å². The molecule has 2 rings (SSSR count). The minimum absolute atomic E-state index is 0.0579. The van der Waals surface area contributed by atoms with Gasteiger partial charge in [-0.2, -0.15) is 0 Å². The molecular formula is C16H16ClNO3S. The Morgan fingerprint density at radius 1 is 1.14 bits per heavy atom. The third-order valence-electron chi connectivity index (χ3n) is 3.14. The molecular weight excluding hydrogens is 322 g/mol. The first-order valence-corrected chi connectivity index (χ1v) is 8.75. The summed E-state index contributed by atoms with van der Waals surface area (Å²) >= 11 is 5.99. The molecule has 0 amide bonds. The molecule has 116 valence electrons. The zero-order valence-electron chi connectivity index (χ0n) is 12.0. The second kappa shape index (κ2) is 6.94. The van der Waals surface area contributed by atoms with E-state index in [0.29, 0.717) is 12.0 Å². The number of halogens is 1. The van der Waals surface area contributed by atoms with Crippen molar-refractivity contribution >= 4 is 33.1 Å². The molecule has 0 saturated heterocycles. The summed E-state index contributed by atoms with van der Waals surface area (Å²) in [5.41, 5.74) is 1.57. The maximum atomic E-state index is 12.2. The van der Waals surface area contributed by atoms with Crippen LogP contribution < -0.4 is 4.72 Å². The summed E-state index contributed by atoms with van der Waals surface area (Å²) in [6.07, 6.45) is 0.403. The second-order valence-electron chi connectivity index (χ2n) is 4.91. The Labute approximate surface area is 135 Å². The number of Topliss-reactive ketones (excluding diaryl/α,β-unsaturated/α-hetero) is 1. The number of nitrogens with one attached hydrogen (secondary N) is 1. The summed E-state index contributed by atoms with van der Waals surface area (Å²) < 4.78 is 26.7. The fraction of sp³-hybridized carbons (Fsp3) is 0.188. The molecule has 6 heteroatoms. The highest BCUT2D eigenvalue weighted by molar-refractivity contribution is 7.92. The van der Waals surface area contributed by atoms with Crippen LogP contribution in [0.3, 0.4) is 0 Å². The van der Waals surface area contributed by atoms with E-state index in [2.05, 4.69) is 4.72 Å². The van der Waals surface area contributed by atoms with Crippen molar-refractivity contribution in [1.29, 1.82) is 0 Å². The Hall–Kier alpha value is -1.85. The highest BCUT2D eigenvalue weighted by atomic mass is 35.5. The van der Waals surface area contributed by atoms with Crippen LogP contribution in [0.4, 0.5) is 5.69 Å². The van der Waals surface area contributed by atoms with Crippen LogP contribution in [0.1, 0.15) is 22.8 Å². The molecule has 0 spiro atoms. The molecule has 0 unspecified atom stereocenters. The van der Waals surface area contributed by atoms with Crippen molar-refractivity contribution in [2.45, 2.75) is 13.3 Å². The topological polar surface area (TPSA) is 63.2 Å². The standard InChI is InChI=1S/C16H16ClNO3S/c1-12(19)14-7-8-15(17)16(11-14)18-22(20,21)10-9-13-5-3-2-4-6-13/h2-8,11,18H,9-10H2,1H3. The number of aryl methyl sites for hydroxylation is 1. The van der Waals surface area contributed by atoms with Crippen molar-refractivity contribution in [1.82, 2.24) is 0 Å². The van der Waals surface area contributed by atoms with E-state index in [4.69, 9.17) is 11.6 Å². The summed E-state index contributed by atoms with van der Waals surface area (Å²) in [5.74, 6) is -0.209. The van der Waals surface area contributed by atoms with E-state index in [1.54, 1.807) is 6.07 Å². The molecule has 0 radical (unpaired) electrons. The number of anilines is 1.